The molecule has 1 N–H and O–H groups in total. The Morgan fingerprint density at radius 3 is 2.18 bits per heavy atom. The van der Waals surface area contributed by atoms with E-state index in [1.807, 2.05) is 50.2 Å². The van der Waals surface area contributed by atoms with E-state index in [-0.39, 0.29) is 28.9 Å². The molecule has 0 atom stereocenters. The van der Waals surface area contributed by atoms with Gasteiger partial charge in [0.2, 0.25) is 0 Å². The Morgan fingerprint density at radius 1 is 1.04 bits per heavy atom. The molecule has 0 aliphatic heterocycles. The van der Waals surface area contributed by atoms with Crippen LogP contribution in [0.25, 0.3) is 4.85 Å². The lowest BCUT2D eigenvalue weighted by Gasteiger charge is -2.63. The minimum atomic E-state index is -0.226. The van der Waals surface area contributed by atoms with Gasteiger partial charge in [-0.1, -0.05) is 51.5 Å². The van der Waals surface area contributed by atoms with Crippen LogP contribution in [0, 0.1) is 31.2 Å². The first kappa shape index (κ1) is 19.9. The Labute approximate surface area is 167 Å². The van der Waals surface area contributed by atoms with E-state index in [0.29, 0.717) is 11.3 Å². The molecule has 1 fully saturated rings. The van der Waals surface area contributed by atoms with Crippen molar-refractivity contribution in [1.29, 1.82) is 0 Å². The highest BCUT2D eigenvalue weighted by molar-refractivity contribution is 5.94. The zero-order chi connectivity index (χ0) is 20.7. The summed E-state index contributed by atoms with van der Waals surface area (Å²) in [6.07, 6.45) is -0.0542. The van der Waals surface area contributed by atoms with Gasteiger partial charge in [0.15, 0.2) is 5.69 Å². The molecule has 0 radical (unpaired) electrons. The quantitative estimate of drug-likeness (QED) is 0.719. The summed E-state index contributed by atoms with van der Waals surface area (Å²) >= 11 is 0. The number of hydrogen-bond acceptors (Lipinski definition) is 2. The molecule has 0 saturated heterocycles. The maximum atomic E-state index is 12.7. The summed E-state index contributed by atoms with van der Waals surface area (Å²) in [6.45, 7) is 19.6. The molecule has 2 aromatic carbocycles. The molecule has 2 aromatic rings. The first-order chi connectivity index (χ1) is 13.1. The minimum absolute atomic E-state index is 0.0117. The average molecular weight is 377 g/mol. The van der Waals surface area contributed by atoms with Gasteiger partial charge in [-0.2, -0.15) is 0 Å². The highest BCUT2D eigenvalue weighted by atomic mass is 16.5. The molecule has 1 aliphatic carbocycles. The Bertz CT molecular complexity index is 920. The van der Waals surface area contributed by atoms with Crippen LogP contribution in [-0.4, -0.2) is 18.1 Å². The summed E-state index contributed by atoms with van der Waals surface area (Å²) in [4.78, 5) is 16.2. The number of carbonyl (C=O) groups excluding carboxylic acids is 1. The van der Waals surface area contributed by atoms with Gasteiger partial charge in [-0.25, -0.2) is 4.85 Å². The SMILES string of the molecule is [C-]#[N+]c1ccc(OC2C(C)(C)C(NC(=O)c3ccc(C)cc3)C2(C)C)cc1C. The number of rotatable bonds is 4. The van der Waals surface area contributed by atoms with Crippen LogP contribution in [0.4, 0.5) is 5.69 Å². The maximum Gasteiger partial charge on any atom is 0.251 e. The average Bonchev–Trinajstić information content (AvgIpc) is 2.64. The van der Waals surface area contributed by atoms with Gasteiger partial charge in [0, 0.05) is 22.4 Å². The van der Waals surface area contributed by atoms with Crippen molar-refractivity contribution >= 4 is 11.6 Å². The molecule has 1 aliphatic rings. The second-order valence-corrected chi connectivity index (χ2v) is 8.97. The Kier molecular flexibility index (Phi) is 4.97. The molecule has 4 heteroatoms. The van der Waals surface area contributed by atoms with E-state index in [1.54, 1.807) is 6.07 Å². The zero-order valence-electron chi connectivity index (χ0n) is 17.5. The van der Waals surface area contributed by atoms with Gasteiger partial charge < -0.3 is 10.1 Å². The van der Waals surface area contributed by atoms with Crippen LogP contribution >= 0.6 is 0 Å². The van der Waals surface area contributed by atoms with E-state index in [0.717, 1.165) is 16.9 Å². The second-order valence-electron chi connectivity index (χ2n) is 8.97. The van der Waals surface area contributed by atoms with Crippen molar-refractivity contribution in [2.45, 2.75) is 53.7 Å². The molecule has 28 heavy (non-hydrogen) atoms. The molecule has 0 aromatic heterocycles. The van der Waals surface area contributed by atoms with Crippen LogP contribution in [0.2, 0.25) is 0 Å². The van der Waals surface area contributed by atoms with Crippen LogP contribution in [0.3, 0.4) is 0 Å². The van der Waals surface area contributed by atoms with Crippen LogP contribution in [0.5, 0.6) is 5.75 Å². The molecular weight excluding hydrogens is 348 g/mol. The Hall–Kier alpha value is -2.80. The number of hydrogen-bond donors (Lipinski definition) is 1. The number of ether oxygens (including phenoxy) is 1. The van der Waals surface area contributed by atoms with E-state index >= 15 is 0 Å². The van der Waals surface area contributed by atoms with Crippen LogP contribution in [0.15, 0.2) is 42.5 Å². The molecule has 3 rings (SSSR count). The molecule has 1 amide bonds. The van der Waals surface area contributed by atoms with Gasteiger partial charge >= 0.3 is 0 Å². The zero-order valence-corrected chi connectivity index (χ0v) is 17.5. The van der Waals surface area contributed by atoms with Crippen LogP contribution in [-0.2, 0) is 0 Å². The highest BCUT2D eigenvalue weighted by Crippen LogP contribution is 2.55. The molecule has 0 unspecified atom stereocenters. The van der Waals surface area contributed by atoms with Gasteiger partial charge in [0.1, 0.15) is 11.9 Å². The topological polar surface area (TPSA) is 42.7 Å². The summed E-state index contributed by atoms with van der Waals surface area (Å²) in [6, 6.07) is 13.2. The Morgan fingerprint density at radius 2 is 1.64 bits per heavy atom. The van der Waals surface area contributed by atoms with E-state index in [1.165, 1.54) is 0 Å². The summed E-state index contributed by atoms with van der Waals surface area (Å²) in [5, 5.41) is 3.22. The van der Waals surface area contributed by atoms with Gasteiger partial charge in [0.25, 0.3) is 5.91 Å². The normalized spacial score (nSPS) is 21.9. The first-order valence-corrected chi connectivity index (χ1v) is 9.59. The number of nitrogens with zero attached hydrogens (tertiary/aromatic N) is 1. The maximum absolute atomic E-state index is 12.7. The van der Waals surface area contributed by atoms with Gasteiger partial charge in [-0.15, -0.1) is 0 Å². The van der Waals surface area contributed by atoms with E-state index in [2.05, 4.69) is 37.9 Å². The van der Waals surface area contributed by atoms with Crippen molar-refractivity contribution in [3.05, 3.63) is 70.6 Å². The smallest absolute Gasteiger partial charge is 0.251 e. The molecule has 146 valence electrons. The molecule has 0 bridgehead atoms. The fourth-order valence-corrected chi connectivity index (χ4v) is 4.68. The summed E-state index contributed by atoms with van der Waals surface area (Å²) < 4.78 is 6.34. The van der Waals surface area contributed by atoms with Crippen molar-refractivity contribution in [3.8, 4) is 5.75 Å². The Balaban J connectivity index is 1.76. The monoisotopic (exact) mass is 376 g/mol. The first-order valence-electron chi connectivity index (χ1n) is 9.59. The lowest BCUT2D eigenvalue weighted by Crippen LogP contribution is -2.74. The summed E-state index contributed by atoms with van der Waals surface area (Å²) in [5.74, 6) is 0.709. The largest absolute Gasteiger partial charge is 0.489 e. The lowest BCUT2D eigenvalue weighted by molar-refractivity contribution is -0.164. The number of benzene rings is 2. The highest BCUT2D eigenvalue weighted by Gasteiger charge is 2.64. The third-order valence-corrected chi connectivity index (χ3v) is 5.97. The predicted octanol–water partition coefficient (Wildman–Crippen LogP) is 5.47. The van der Waals surface area contributed by atoms with Crippen molar-refractivity contribution < 1.29 is 9.53 Å². The van der Waals surface area contributed by atoms with Crippen molar-refractivity contribution in [2.75, 3.05) is 0 Å². The van der Waals surface area contributed by atoms with Crippen LogP contribution in [0.1, 0.15) is 49.2 Å². The summed E-state index contributed by atoms with van der Waals surface area (Å²) in [7, 11) is 0. The van der Waals surface area contributed by atoms with Gasteiger partial charge in [-0.05, 0) is 43.7 Å². The van der Waals surface area contributed by atoms with Gasteiger partial charge in [-0.3, -0.25) is 4.79 Å². The van der Waals surface area contributed by atoms with E-state index < -0.39 is 0 Å². The van der Waals surface area contributed by atoms with Crippen molar-refractivity contribution in [1.82, 2.24) is 5.32 Å². The number of aryl methyl sites for hydroxylation is 2. The minimum Gasteiger partial charge on any atom is -0.489 e. The molecule has 0 heterocycles. The van der Waals surface area contributed by atoms with E-state index in [4.69, 9.17) is 11.3 Å². The molecule has 0 spiro atoms. The number of carbonyl (C=O) groups is 1. The summed E-state index contributed by atoms with van der Waals surface area (Å²) in [5.41, 5.74) is 2.90. The standard InChI is InChI=1S/C24H28N2O2/c1-15-8-10-17(11-9-15)20(27)26-21-23(3,4)22(24(21,5)6)28-18-12-13-19(25-7)16(2)14-18/h8-14,21-22H,1-6H3,(H,26,27). The fraction of sp³-hybridized carbons (Fsp3) is 0.417. The predicted molar refractivity (Wildman–Crippen MR) is 112 cm³/mol. The van der Waals surface area contributed by atoms with Crippen molar-refractivity contribution in [2.24, 2.45) is 10.8 Å². The third kappa shape index (κ3) is 3.38. The molecule has 1 saturated carbocycles. The van der Waals surface area contributed by atoms with Crippen molar-refractivity contribution in [3.63, 3.8) is 0 Å². The fourth-order valence-electron chi connectivity index (χ4n) is 4.68. The van der Waals surface area contributed by atoms with Gasteiger partial charge in [0.05, 0.1) is 6.57 Å². The van der Waals surface area contributed by atoms with E-state index in [9.17, 15) is 4.79 Å². The lowest BCUT2D eigenvalue weighted by atomic mass is 9.49. The third-order valence-electron chi connectivity index (χ3n) is 5.97. The number of amides is 1. The molecule has 4 nitrogen and oxygen atoms in total. The molecular formula is C24H28N2O2. The van der Waals surface area contributed by atoms with Crippen LogP contribution < -0.4 is 10.1 Å². The number of nitrogens with one attached hydrogen (secondary N) is 1. The second kappa shape index (κ2) is 6.98.